The number of hydrogen-bond acceptors (Lipinski definition) is 5. The second-order valence-corrected chi connectivity index (χ2v) is 2.46. The van der Waals surface area contributed by atoms with Crippen molar-refractivity contribution < 1.29 is 23.9 Å². The molecule has 0 aliphatic heterocycles. The first-order valence-corrected chi connectivity index (χ1v) is 3.67. The molecule has 0 saturated heterocycles. The first-order chi connectivity index (χ1) is 6.13. The van der Waals surface area contributed by atoms with Crippen LogP contribution in [0, 0.1) is 0 Å². The molecule has 0 saturated carbocycles. The van der Waals surface area contributed by atoms with Crippen LogP contribution in [0.1, 0.15) is 12.8 Å². The van der Waals surface area contributed by atoms with Gasteiger partial charge in [0.2, 0.25) is 0 Å². The highest BCUT2D eigenvalue weighted by Gasteiger charge is 2.21. The van der Waals surface area contributed by atoms with E-state index in [2.05, 4.69) is 9.47 Å². The predicted molar refractivity (Wildman–Crippen MR) is 40.4 cm³/mol. The lowest BCUT2D eigenvalue weighted by Crippen LogP contribution is -2.18. The number of ether oxygens (including phenoxy) is 2. The quantitative estimate of drug-likeness (QED) is 0.422. The van der Waals surface area contributed by atoms with Crippen LogP contribution < -0.4 is 0 Å². The van der Waals surface area contributed by atoms with Crippen LogP contribution in [0.5, 0.6) is 0 Å². The zero-order valence-corrected chi connectivity index (χ0v) is 7.03. The molecule has 0 radical (unpaired) electrons. The molecule has 0 aromatic carbocycles. The first kappa shape index (κ1) is 9.44. The lowest BCUT2D eigenvalue weighted by Gasteiger charge is -2.01. The van der Waals surface area contributed by atoms with Crippen molar-refractivity contribution in [3.8, 4) is 0 Å². The highest BCUT2D eigenvalue weighted by molar-refractivity contribution is 6.30. The Hall–Kier alpha value is -1.65. The molecule has 0 bridgehead atoms. The van der Waals surface area contributed by atoms with Crippen LogP contribution in [0.3, 0.4) is 0 Å². The third-order valence-electron chi connectivity index (χ3n) is 1.52. The van der Waals surface area contributed by atoms with Crippen molar-refractivity contribution in [1.82, 2.24) is 0 Å². The van der Waals surface area contributed by atoms with Gasteiger partial charge in [-0.15, -0.1) is 0 Å². The molecule has 0 spiro atoms. The number of allylic oxidation sites excluding steroid dienone is 2. The fourth-order valence-electron chi connectivity index (χ4n) is 0.895. The average molecular weight is 184 g/mol. The topological polar surface area (TPSA) is 69.7 Å². The molecule has 5 nitrogen and oxygen atoms in total. The lowest BCUT2D eigenvalue weighted by atomic mass is 10.3. The van der Waals surface area contributed by atoms with E-state index < -0.39 is 11.9 Å². The molecule has 70 valence electrons. The number of rotatable bonds is 1. The molecule has 0 fully saturated rings. The van der Waals surface area contributed by atoms with Gasteiger partial charge < -0.3 is 9.47 Å². The Kier molecular flexibility index (Phi) is 2.79. The van der Waals surface area contributed by atoms with Crippen LogP contribution in [0.15, 0.2) is 11.8 Å². The molecule has 5 heteroatoms. The van der Waals surface area contributed by atoms with Crippen molar-refractivity contribution in [1.29, 1.82) is 0 Å². The Morgan fingerprint density at radius 1 is 1.31 bits per heavy atom. The molecule has 1 aliphatic rings. The standard InChI is InChI=1S/C8H8O5/c1-12-7(10)8(11)13-6-3-2-5(9)4-6/h4H,2-3H2,1H3. The van der Waals surface area contributed by atoms with Gasteiger partial charge in [0.05, 0.1) is 7.11 Å². The number of ketones is 1. The minimum Gasteiger partial charge on any atom is -0.461 e. The number of esters is 2. The first-order valence-electron chi connectivity index (χ1n) is 3.67. The molecule has 0 amide bonds. The van der Waals surface area contributed by atoms with Crippen molar-refractivity contribution in [3.05, 3.63) is 11.8 Å². The van der Waals surface area contributed by atoms with Gasteiger partial charge in [0.25, 0.3) is 0 Å². The molecule has 1 rings (SSSR count). The molecule has 0 heterocycles. The third kappa shape index (κ3) is 2.40. The molecular weight excluding hydrogens is 176 g/mol. The Labute approximate surface area is 74.3 Å². The van der Waals surface area contributed by atoms with E-state index in [1.54, 1.807) is 0 Å². The average Bonchev–Trinajstić information content (AvgIpc) is 2.49. The van der Waals surface area contributed by atoms with Crippen molar-refractivity contribution >= 4 is 17.7 Å². The molecule has 1 aliphatic carbocycles. The van der Waals surface area contributed by atoms with Gasteiger partial charge in [0.1, 0.15) is 5.76 Å². The highest BCUT2D eigenvalue weighted by Crippen LogP contribution is 2.15. The van der Waals surface area contributed by atoms with Crippen molar-refractivity contribution in [2.24, 2.45) is 0 Å². The van der Waals surface area contributed by atoms with Gasteiger partial charge in [-0.3, -0.25) is 4.79 Å². The van der Waals surface area contributed by atoms with Gasteiger partial charge in [-0.05, 0) is 0 Å². The summed E-state index contributed by atoms with van der Waals surface area (Å²) in [6.07, 6.45) is 1.90. The second kappa shape index (κ2) is 3.84. The van der Waals surface area contributed by atoms with E-state index in [4.69, 9.17) is 0 Å². The maximum Gasteiger partial charge on any atom is 0.422 e. The zero-order chi connectivity index (χ0) is 9.84. The largest absolute Gasteiger partial charge is 0.461 e. The van der Waals surface area contributed by atoms with Crippen LogP contribution in [0.4, 0.5) is 0 Å². The highest BCUT2D eigenvalue weighted by atomic mass is 16.6. The van der Waals surface area contributed by atoms with E-state index in [1.807, 2.05) is 0 Å². The van der Waals surface area contributed by atoms with Gasteiger partial charge in [0, 0.05) is 18.9 Å². The molecule has 0 unspecified atom stereocenters. The monoisotopic (exact) mass is 184 g/mol. The number of methoxy groups -OCH3 is 1. The summed E-state index contributed by atoms with van der Waals surface area (Å²) in [6.45, 7) is 0. The summed E-state index contributed by atoms with van der Waals surface area (Å²) in [6, 6.07) is 0. The van der Waals surface area contributed by atoms with Crippen molar-refractivity contribution in [3.63, 3.8) is 0 Å². The van der Waals surface area contributed by atoms with Gasteiger partial charge in [0.15, 0.2) is 5.78 Å². The van der Waals surface area contributed by atoms with Crippen LogP contribution in [-0.2, 0) is 23.9 Å². The van der Waals surface area contributed by atoms with Gasteiger partial charge in [-0.1, -0.05) is 0 Å². The summed E-state index contributed by atoms with van der Waals surface area (Å²) in [4.78, 5) is 32.1. The molecule has 0 atom stereocenters. The Morgan fingerprint density at radius 2 is 2.00 bits per heavy atom. The van der Waals surface area contributed by atoms with Crippen LogP contribution in [0.2, 0.25) is 0 Å². The summed E-state index contributed by atoms with van der Waals surface area (Å²) in [7, 11) is 1.08. The molecular formula is C8H8O5. The summed E-state index contributed by atoms with van der Waals surface area (Å²) in [5, 5.41) is 0. The Morgan fingerprint density at radius 3 is 2.46 bits per heavy atom. The van der Waals surface area contributed by atoms with Gasteiger partial charge in [-0.2, -0.15) is 0 Å². The Balaban J connectivity index is 2.50. The lowest BCUT2D eigenvalue weighted by molar-refractivity contribution is -0.163. The van der Waals surface area contributed by atoms with Crippen molar-refractivity contribution in [2.45, 2.75) is 12.8 Å². The van der Waals surface area contributed by atoms with Crippen molar-refractivity contribution in [2.75, 3.05) is 7.11 Å². The maximum absolute atomic E-state index is 10.8. The van der Waals surface area contributed by atoms with E-state index >= 15 is 0 Å². The van der Waals surface area contributed by atoms with E-state index in [-0.39, 0.29) is 11.5 Å². The number of hydrogen-bond donors (Lipinski definition) is 0. The summed E-state index contributed by atoms with van der Waals surface area (Å²) < 4.78 is 8.68. The smallest absolute Gasteiger partial charge is 0.422 e. The molecule has 13 heavy (non-hydrogen) atoms. The minimum atomic E-state index is -1.09. The van der Waals surface area contributed by atoms with Crippen LogP contribution in [0.25, 0.3) is 0 Å². The predicted octanol–water partition coefficient (Wildman–Crippen LogP) is -0.0506. The molecule has 0 aromatic heterocycles. The minimum absolute atomic E-state index is 0.104. The van der Waals surface area contributed by atoms with Crippen LogP contribution >= 0.6 is 0 Å². The summed E-state index contributed by atoms with van der Waals surface area (Å²) in [5.74, 6) is -2.04. The Bertz CT molecular complexity index is 289. The van der Waals surface area contributed by atoms with Gasteiger partial charge >= 0.3 is 11.9 Å². The summed E-state index contributed by atoms with van der Waals surface area (Å²) in [5.41, 5.74) is 0. The van der Waals surface area contributed by atoms with Crippen LogP contribution in [-0.4, -0.2) is 24.8 Å². The van der Waals surface area contributed by atoms with E-state index in [1.165, 1.54) is 6.08 Å². The fraction of sp³-hybridized carbons (Fsp3) is 0.375. The number of carbonyl (C=O) groups is 3. The van der Waals surface area contributed by atoms with E-state index in [0.29, 0.717) is 12.8 Å². The van der Waals surface area contributed by atoms with E-state index in [9.17, 15) is 14.4 Å². The third-order valence-corrected chi connectivity index (χ3v) is 1.52. The fourth-order valence-corrected chi connectivity index (χ4v) is 0.895. The zero-order valence-electron chi connectivity index (χ0n) is 7.03. The maximum atomic E-state index is 10.8. The normalized spacial score (nSPS) is 15.2. The summed E-state index contributed by atoms with van der Waals surface area (Å²) >= 11 is 0. The molecule has 0 aromatic rings. The van der Waals surface area contributed by atoms with E-state index in [0.717, 1.165) is 7.11 Å². The SMILES string of the molecule is COC(=O)C(=O)OC1=CC(=O)CC1. The number of carbonyl (C=O) groups excluding carboxylic acids is 3. The van der Waals surface area contributed by atoms with Gasteiger partial charge in [-0.25, -0.2) is 9.59 Å². The second-order valence-electron chi connectivity index (χ2n) is 2.46. The molecule has 0 N–H and O–H groups in total.